The quantitative estimate of drug-likeness (QED) is 0.394. The lowest BCUT2D eigenvalue weighted by molar-refractivity contribution is 0.0955. The third-order valence-corrected chi connectivity index (χ3v) is 2.51. The second kappa shape index (κ2) is 10.5. The molecule has 0 aliphatic rings. The Morgan fingerprint density at radius 3 is 2.70 bits per heavy atom. The molecule has 112 valence electrons. The molecule has 1 aromatic carbocycles. The van der Waals surface area contributed by atoms with E-state index in [1.54, 1.807) is 6.07 Å². The van der Waals surface area contributed by atoms with Gasteiger partial charge in [-0.25, -0.2) is 4.99 Å². The molecule has 5 nitrogen and oxygen atoms in total. The molecule has 0 unspecified atom stereocenters. The summed E-state index contributed by atoms with van der Waals surface area (Å²) in [5.74, 6) is 0.371. The molecule has 20 heavy (non-hydrogen) atoms. The van der Waals surface area contributed by atoms with Crippen LogP contribution in [0.1, 0.15) is 36.2 Å². The lowest BCUT2D eigenvalue weighted by Crippen LogP contribution is -2.32. The van der Waals surface area contributed by atoms with Crippen molar-refractivity contribution in [3.63, 3.8) is 0 Å². The summed E-state index contributed by atoms with van der Waals surface area (Å²) < 4.78 is 0. The predicted molar refractivity (Wildman–Crippen MR) is 93.5 cm³/mol. The van der Waals surface area contributed by atoms with Crippen molar-refractivity contribution in [2.24, 2.45) is 10.7 Å². The lowest BCUT2D eigenvalue weighted by atomic mass is 10.1. The second-order valence-electron chi connectivity index (χ2n) is 4.19. The number of aliphatic imine (C=N–C) groups is 1. The van der Waals surface area contributed by atoms with Crippen LogP contribution in [-0.4, -0.2) is 25.0 Å². The molecule has 0 fully saturated rings. The van der Waals surface area contributed by atoms with E-state index in [2.05, 4.69) is 22.5 Å². The molecule has 0 radical (unpaired) electrons. The number of halogens is 1. The number of hydrogen-bond acceptors (Lipinski definition) is 2. The van der Waals surface area contributed by atoms with Crippen molar-refractivity contribution in [1.29, 1.82) is 0 Å². The smallest absolute Gasteiger partial charge is 0.251 e. The maximum absolute atomic E-state index is 11.7. The van der Waals surface area contributed by atoms with E-state index in [1.165, 1.54) is 0 Å². The van der Waals surface area contributed by atoms with Crippen molar-refractivity contribution in [2.45, 2.75) is 26.8 Å². The van der Waals surface area contributed by atoms with Gasteiger partial charge in [0, 0.05) is 18.7 Å². The molecule has 0 saturated carbocycles. The van der Waals surface area contributed by atoms with E-state index < -0.39 is 0 Å². The number of nitrogens with two attached hydrogens (primary N) is 1. The number of guanidine groups is 1. The van der Waals surface area contributed by atoms with Crippen molar-refractivity contribution >= 4 is 35.8 Å². The van der Waals surface area contributed by atoms with E-state index >= 15 is 0 Å². The molecule has 1 aromatic rings. The highest BCUT2D eigenvalue weighted by molar-refractivity contribution is 14.0. The molecule has 0 bridgehead atoms. The Hall–Kier alpha value is -1.31. The van der Waals surface area contributed by atoms with Crippen LogP contribution in [0.15, 0.2) is 29.3 Å². The molecule has 0 aromatic heterocycles. The van der Waals surface area contributed by atoms with Crippen LogP contribution >= 0.6 is 24.0 Å². The number of hydrogen-bond donors (Lipinski definition) is 3. The average Bonchev–Trinajstić information content (AvgIpc) is 2.43. The van der Waals surface area contributed by atoms with Crippen LogP contribution in [0.5, 0.6) is 0 Å². The summed E-state index contributed by atoms with van der Waals surface area (Å²) in [6, 6.07) is 7.41. The highest BCUT2D eigenvalue weighted by Gasteiger charge is 2.04. The molecule has 0 spiro atoms. The Bertz CT molecular complexity index is 449. The van der Waals surface area contributed by atoms with Gasteiger partial charge in [0.2, 0.25) is 0 Å². The van der Waals surface area contributed by atoms with Gasteiger partial charge in [-0.05, 0) is 31.0 Å². The third kappa shape index (κ3) is 6.74. The minimum Gasteiger partial charge on any atom is -0.370 e. The van der Waals surface area contributed by atoms with E-state index in [0.717, 1.165) is 18.5 Å². The molecular formula is C14H23IN4O. The SMILES string of the molecule is CCCNC(N)=NCc1cccc(C(=O)NCC)c1.I. The van der Waals surface area contributed by atoms with Crippen LogP contribution in [0, 0.1) is 0 Å². The largest absolute Gasteiger partial charge is 0.370 e. The van der Waals surface area contributed by atoms with Crippen molar-refractivity contribution in [3.8, 4) is 0 Å². The maximum atomic E-state index is 11.7. The number of carbonyl (C=O) groups excluding carboxylic acids is 1. The summed E-state index contributed by atoms with van der Waals surface area (Å²) in [5, 5.41) is 5.78. The minimum absolute atomic E-state index is 0. The molecule has 1 amide bonds. The minimum atomic E-state index is -0.0644. The molecule has 1 rings (SSSR count). The second-order valence-corrected chi connectivity index (χ2v) is 4.19. The van der Waals surface area contributed by atoms with Gasteiger partial charge in [0.05, 0.1) is 6.54 Å². The topological polar surface area (TPSA) is 79.5 Å². The number of rotatable bonds is 6. The van der Waals surface area contributed by atoms with Gasteiger partial charge in [0.15, 0.2) is 5.96 Å². The van der Waals surface area contributed by atoms with E-state index in [9.17, 15) is 4.79 Å². The van der Waals surface area contributed by atoms with Gasteiger partial charge in [-0.3, -0.25) is 4.79 Å². The van der Waals surface area contributed by atoms with Crippen LogP contribution in [-0.2, 0) is 6.54 Å². The van der Waals surface area contributed by atoms with Crippen molar-refractivity contribution < 1.29 is 4.79 Å². The highest BCUT2D eigenvalue weighted by Crippen LogP contribution is 2.06. The first-order chi connectivity index (χ1) is 9.17. The molecule has 0 aliphatic heterocycles. The first-order valence-corrected chi connectivity index (χ1v) is 6.58. The monoisotopic (exact) mass is 390 g/mol. The van der Waals surface area contributed by atoms with Crippen molar-refractivity contribution in [3.05, 3.63) is 35.4 Å². The standard InChI is InChI=1S/C14H22N4O.HI/c1-3-8-17-14(15)18-10-11-6-5-7-12(9-11)13(19)16-4-2;/h5-7,9H,3-4,8,10H2,1-2H3,(H,16,19)(H3,15,17,18);1H. The fourth-order valence-electron chi connectivity index (χ4n) is 1.56. The fraction of sp³-hybridized carbons (Fsp3) is 0.429. The molecule has 0 heterocycles. The van der Waals surface area contributed by atoms with Crippen LogP contribution in [0.4, 0.5) is 0 Å². The Morgan fingerprint density at radius 2 is 2.05 bits per heavy atom. The first-order valence-electron chi connectivity index (χ1n) is 6.58. The molecule has 6 heteroatoms. The number of carbonyl (C=O) groups is 1. The van der Waals surface area contributed by atoms with Gasteiger partial charge in [-0.1, -0.05) is 19.1 Å². The van der Waals surface area contributed by atoms with E-state index in [4.69, 9.17) is 5.73 Å². The summed E-state index contributed by atoms with van der Waals surface area (Å²) in [5.41, 5.74) is 7.32. The number of nitrogens with zero attached hydrogens (tertiary/aromatic N) is 1. The zero-order chi connectivity index (χ0) is 14.1. The van der Waals surface area contributed by atoms with Crippen molar-refractivity contribution in [2.75, 3.05) is 13.1 Å². The molecule has 4 N–H and O–H groups in total. The van der Waals surface area contributed by atoms with Gasteiger partial charge < -0.3 is 16.4 Å². The summed E-state index contributed by atoms with van der Waals surface area (Å²) in [6.07, 6.45) is 1.00. The molecule has 0 aliphatic carbocycles. The number of nitrogens with one attached hydrogen (secondary N) is 2. The molecule has 0 atom stereocenters. The Kier molecular flexibility index (Phi) is 9.79. The first kappa shape index (κ1) is 18.7. The predicted octanol–water partition coefficient (Wildman–Crippen LogP) is 1.87. The van der Waals surface area contributed by atoms with Gasteiger partial charge in [0.1, 0.15) is 0 Å². The lowest BCUT2D eigenvalue weighted by Gasteiger charge is -2.05. The van der Waals surface area contributed by atoms with Gasteiger partial charge in [0.25, 0.3) is 5.91 Å². The van der Waals surface area contributed by atoms with E-state index in [1.807, 2.05) is 25.1 Å². The fourth-order valence-corrected chi connectivity index (χ4v) is 1.56. The Labute approximate surface area is 137 Å². The number of benzene rings is 1. The zero-order valence-electron chi connectivity index (χ0n) is 12.0. The van der Waals surface area contributed by atoms with Gasteiger partial charge in [-0.15, -0.1) is 24.0 Å². The van der Waals surface area contributed by atoms with Crippen LogP contribution in [0.2, 0.25) is 0 Å². The summed E-state index contributed by atoms with van der Waals surface area (Å²) in [7, 11) is 0. The average molecular weight is 390 g/mol. The van der Waals surface area contributed by atoms with Crippen molar-refractivity contribution in [1.82, 2.24) is 10.6 Å². The summed E-state index contributed by atoms with van der Waals surface area (Å²) in [4.78, 5) is 15.9. The maximum Gasteiger partial charge on any atom is 0.251 e. The van der Waals surface area contributed by atoms with Gasteiger partial charge >= 0.3 is 0 Å². The Balaban J connectivity index is 0.00000361. The number of amides is 1. The van der Waals surface area contributed by atoms with Crippen LogP contribution in [0.3, 0.4) is 0 Å². The molecular weight excluding hydrogens is 367 g/mol. The zero-order valence-corrected chi connectivity index (χ0v) is 14.3. The molecule has 0 saturated heterocycles. The summed E-state index contributed by atoms with van der Waals surface area (Å²) >= 11 is 0. The normalized spacial score (nSPS) is 10.6. The highest BCUT2D eigenvalue weighted by atomic mass is 127. The van der Waals surface area contributed by atoms with Gasteiger partial charge in [-0.2, -0.15) is 0 Å². The third-order valence-electron chi connectivity index (χ3n) is 2.51. The van der Waals surface area contributed by atoms with E-state index in [0.29, 0.717) is 24.6 Å². The van der Waals surface area contributed by atoms with Crippen LogP contribution < -0.4 is 16.4 Å². The Morgan fingerprint density at radius 1 is 1.30 bits per heavy atom. The summed E-state index contributed by atoms with van der Waals surface area (Å²) in [6.45, 7) is 5.86. The van der Waals surface area contributed by atoms with E-state index in [-0.39, 0.29) is 29.9 Å². The van der Waals surface area contributed by atoms with Crippen LogP contribution in [0.25, 0.3) is 0 Å².